The molecule has 0 aliphatic carbocycles. The number of sulfone groups is 1. The first-order valence-electron chi connectivity index (χ1n) is 8.23. The third-order valence-corrected chi connectivity index (χ3v) is 7.62. The molecule has 1 aliphatic rings. The largest absolute Gasteiger partial charge is 0.267 e. The number of anilines is 1. The molecule has 1 aromatic heterocycles. The number of benzene rings is 2. The van der Waals surface area contributed by atoms with Crippen molar-refractivity contribution in [3.63, 3.8) is 0 Å². The van der Waals surface area contributed by atoms with Gasteiger partial charge < -0.3 is 0 Å². The van der Waals surface area contributed by atoms with E-state index in [1.54, 1.807) is 54.6 Å². The van der Waals surface area contributed by atoms with E-state index in [4.69, 9.17) is 0 Å². The maximum atomic E-state index is 13.6. The molecular formula is C19H16N2O4S2. The molecule has 6 nitrogen and oxygen atoms in total. The van der Waals surface area contributed by atoms with Crippen molar-refractivity contribution < 1.29 is 16.8 Å². The third-order valence-electron chi connectivity index (χ3n) is 4.36. The molecule has 0 amide bonds. The quantitative estimate of drug-likeness (QED) is 0.672. The molecule has 0 N–H and O–H groups in total. The van der Waals surface area contributed by atoms with Crippen molar-refractivity contribution in [1.29, 1.82) is 0 Å². The van der Waals surface area contributed by atoms with Gasteiger partial charge in [0.15, 0.2) is 9.84 Å². The van der Waals surface area contributed by atoms with Crippen LogP contribution in [-0.2, 0) is 19.9 Å². The topological polar surface area (TPSA) is 84.4 Å². The molecule has 138 valence electrons. The van der Waals surface area contributed by atoms with Crippen LogP contribution in [0.15, 0.2) is 83.2 Å². The number of pyridine rings is 1. The molecule has 27 heavy (non-hydrogen) atoms. The van der Waals surface area contributed by atoms with E-state index in [1.165, 1.54) is 18.3 Å². The fourth-order valence-corrected chi connectivity index (χ4v) is 6.32. The van der Waals surface area contributed by atoms with E-state index in [1.807, 2.05) is 0 Å². The smallest absolute Gasteiger partial charge is 0.258 e. The molecule has 3 aromatic rings. The number of aromatic nitrogens is 1. The molecule has 1 atom stereocenters. The monoisotopic (exact) mass is 400 g/mol. The lowest BCUT2D eigenvalue weighted by Crippen LogP contribution is -2.41. The first-order valence-corrected chi connectivity index (χ1v) is 11.4. The van der Waals surface area contributed by atoms with Crippen molar-refractivity contribution in [3.8, 4) is 0 Å². The number of hydrogen-bond acceptors (Lipinski definition) is 5. The standard InChI is InChI=1S/C19H16N2O4S2/c22-26(23)13-11-17(14-26)21(16-8-2-1-3-9-16)27(24,25)18-10-4-6-15-7-5-12-20-19(15)18/h1-13,17H,14H2/t17-/m0/s1. The van der Waals surface area contributed by atoms with Crippen LogP contribution in [0.5, 0.6) is 0 Å². The van der Waals surface area contributed by atoms with Crippen LogP contribution in [0.1, 0.15) is 0 Å². The Hall–Kier alpha value is -2.71. The SMILES string of the molecule is O=S1(=O)C=C[C@H](N(c2ccccc2)S(=O)(=O)c2cccc3cccnc23)C1. The lowest BCUT2D eigenvalue weighted by molar-refractivity contribution is 0.587. The minimum absolute atomic E-state index is 0.0437. The highest BCUT2D eigenvalue weighted by molar-refractivity contribution is 7.95. The van der Waals surface area contributed by atoms with E-state index in [2.05, 4.69) is 4.98 Å². The Kier molecular flexibility index (Phi) is 4.24. The van der Waals surface area contributed by atoms with Crippen molar-refractivity contribution in [2.45, 2.75) is 10.9 Å². The highest BCUT2D eigenvalue weighted by Gasteiger charge is 2.36. The molecule has 1 aliphatic heterocycles. The summed E-state index contributed by atoms with van der Waals surface area (Å²) in [6, 6.07) is 16.1. The molecule has 8 heteroatoms. The van der Waals surface area contributed by atoms with Gasteiger partial charge in [0, 0.05) is 17.0 Å². The van der Waals surface area contributed by atoms with Crippen LogP contribution in [0, 0.1) is 0 Å². The molecule has 0 fully saturated rings. The number of nitrogens with zero attached hydrogens (tertiary/aromatic N) is 2. The van der Waals surface area contributed by atoms with Crippen LogP contribution in [0.3, 0.4) is 0 Å². The molecule has 0 saturated heterocycles. The summed E-state index contributed by atoms with van der Waals surface area (Å²) in [5.41, 5.74) is 0.753. The number of rotatable bonds is 4. The molecule has 0 unspecified atom stereocenters. The van der Waals surface area contributed by atoms with Gasteiger partial charge in [0.25, 0.3) is 10.0 Å². The van der Waals surface area contributed by atoms with Gasteiger partial charge in [-0.3, -0.25) is 9.29 Å². The fourth-order valence-electron chi connectivity index (χ4n) is 3.18. The molecule has 4 rings (SSSR count). The van der Waals surface area contributed by atoms with Crippen LogP contribution in [0.4, 0.5) is 5.69 Å². The van der Waals surface area contributed by atoms with Crippen LogP contribution in [0.25, 0.3) is 10.9 Å². The van der Waals surface area contributed by atoms with Crippen LogP contribution >= 0.6 is 0 Å². The molecule has 0 saturated carbocycles. The molecule has 0 radical (unpaired) electrons. The minimum atomic E-state index is -4.06. The first kappa shape index (κ1) is 17.7. The second-order valence-corrected chi connectivity index (χ2v) is 9.91. The van der Waals surface area contributed by atoms with E-state index in [9.17, 15) is 16.8 Å². The lowest BCUT2D eigenvalue weighted by Gasteiger charge is -2.29. The van der Waals surface area contributed by atoms with Gasteiger partial charge in [-0.1, -0.05) is 36.4 Å². The summed E-state index contributed by atoms with van der Waals surface area (Å²) >= 11 is 0. The van der Waals surface area contributed by atoms with E-state index in [0.717, 1.165) is 9.71 Å². The van der Waals surface area contributed by atoms with Crippen LogP contribution < -0.4 is 4.31 Å². The summed E-state index contributed by atoms with van der Waals surface area (Å²) in [6.07, 6.45) is 2.95. The Morgan fingerprint density at radius 2 is 1.70 bits per heavy atom. The van der Waals surface area contributed by atoms with Gasteiger partial charge in [-0.05, 0) is 30.3 Å². The number of fused-ring (bicyclic) bond motifs is 1. The van der Waals surface area contributed by atoms with E-state index in [0.29, 0.717) is 16.6 Å². The molecule has 0 bridgehead atoms. The Balaban J connectivity index is 1.93. The average Bonchev–Trinajstić information content (AvgIpc) is 3.01. The summed E-state index contributed by atoms with van der Waals surface area (Å²) in [5, 5.41) is 1.77. The van der Waals surface area contributed by atoms with Crippen molar-refractivity contribution in [3.05, 3.63) is 78.3 Å². The van der Waals surface area contributed by atoms with Crippen molar-refractivity contribution in [1.82, 2.24) is 4.98 Å². The summed E-state index contributed by atoms with van der Waals surface area (Å²) in [5.74, 6) is -0.292. The highest BCUT2D eigenvalue weighted by atomic mass is 32.2. The van der Waals surface area contributed by atoms with Gasteiger partial charge in [0.2, 0.25) is 0 Å². The Labute approximate surface area is 157 Å². The minimum Gasteiger partial charge on any atom is -0.258 e. The Morgan fingerprint density at radius 1 is 0.963 bits per heavy atom. The predicted molar refractivity (Wildman–Crippen MR) is 105 cm³/mol. The zero-order valence-corrected chi connectivity index (χ0v) is 15.8. The molecule has 2 heterocycles. The predicted octanol–water partition coefficient (Wildman–Crippen LogP) is 2.74. The highest BCUT2D eigenvalue weighted by Crippen LogP contribution is 2.32. The summed E-state index contributed by atoms with van der Waals surface area (Å²) in [6.45, 7) is 0. The van der Waals surface area contributed by atoms with Crippen LogP contribution in [-0.4, -0.2) is 33.6 Å². The van der Waals surface area contributed by atoms with E-state index in [-0.39, 0.29) is 10.6 Å². The third kappa shape index (κ3) is 3.22. The van der Waals surface area contributed by atoms with Crippen molar-refractivity contribution in [2.24, 2.45) is 0 Å². The zero-order valence-electron chi connectivity index (χ0n) is 14.1. The Bertz CT molecular complexity index is 1230. The number of sulfonamides is 1. The molecule has 0 spiro atoms. The molecule has 2 aromatic carbocycles. The second-order valence-electron chi connectivity index (χ2n) is 6.19. The molecular weight excluding hydrogens is 384 g/mol. The van der Waals surface area contributed by atoms with Crippen molar-refractivity contribution >= 4 is 36.5 Å². The van der Waals surface area contributed by atoms with Crippen molar-refractivity contribution in [2.75, 3.05) is 10.1 Å². The Morgan fingerprint density at radius 3 is 2.41 bits per heavy atom. The first-order chi connectivity index (χ1) is 12.9. The summed E-state index contributed by atoms with van der Waals surface area (Å²) in [7, 11) is -7.49. The normalized spacial score (nSPS) is 18.6. The van der Waals surface area contributed by atoms with E-state index < -0.39 is 25.9 Å². The lowest BCUT2D eigenvalue weighted by atomic mass is 10.2. The van der Waals surface area contributed by atoms with E-state index >= 15 is 0 Å². The average molecular weight is 400 g/mol. The zero-order chi connectivity index (χ0) is 19.1. The van der Waals surface area contributed by atoms with Gasteiger partial charge in [-0.25, -0.2) is 16.8 Å². The maximum Gasteiger partial charge on any atom is 0.267 e. The van der Waals surface area contributed by atoms with Gasteiger partial charge in [-0.2, -0.15) is 0 Å². The number of para-hydroxylation sites is 2. The number of hydrogen-bond donors (Lipinski definition) is 0. The van der Waals surface area contributed by atoms with Gasteiger partial charge in [-0.15, -0.1) is 0 Å². The maximum absolute atomic E-state index is 13.6. The van der Waals surface area contributed by atoms with Gasteiger partial charge in [0.1, 0.15) is 4.90 Å². The van der Waals surface area contributed by atoms with Crippen LogP contribution in [0.2, 0.25) is 0 Å². The van der Waals surface area contributed by atoms with Gasteiger partial charge in [0.05, 0.1) is 23.0 Å². The summed E-state index contributed by atoms with van der Waals surface area (Å²) in [4.78, 5) is 4.28. The summed E-state index contributed by atoms with van der Waals surface area (Å²) < 4.78 is 52.2. The fraction of sp³-hybridized carbons (Fsp3) is 0.105. The van der Waals surface area contributed by atoms with Gasteiger partial charge >= 0.3 is 0 Å². The second kappa shape index (κ2) is 6.47.